The number of amides is 1. The van der Waals surface area contributed by atoms with Crippen molar-refractivity contribution in [2.75, 3.05) is 6.61 Å². The van der Waals surface area contributed by atoms with E-state index in [2.05, 4.69) is 50.1 Å². The number of nitrogens with one attached hydrogen (secondary N) is 1. The molecule has 1 N–H and O–H groups in total. The summed E-state index contributed by atoms with van der Waals surface area (Å²) >= 11 is 6.18. The van der Waals surface area contributed by atoms with Gasteiger partial charge < -0.3 is 4.74 Å². The molecule has 1 amide bonds. The van der Waals surface area contributed by atoms with Gasteiger partial charge in [0.1, 0.15) is 5.15 Å². The zero-order chi connectivity index (χ0) is 25.8. The van der Waals surface area contributed by atoms with E-state index in [1.165, 1.54) is 18.3 Å². The average molecular weight is 497 g/mol. The average Bonchev–Trinajstić information content (AvgIpc) is 2.76. The van der Waals surface area contributed by atoms with Gasteiger partial charge >= 0.3 is 5.69 Å². The van der Waals surface area contributed by atoms with Crippen LogP contribution in [-0.4, -0.2) is 28.6 Å². The third-order valence-corrected chi connectivity index (χ3v) is 5.67. The first-order chi connectivity index (χ1) is 16.4. The fourth-order valence-electron chi connectivity index (χ4n) is 4.18. The van der Waals surface area contributed by atoms with Crippen LogP contribution in [0.5, 0.6) is 5.75 Å². The van der Waals surface area contributed by atoms with Crippen LogP contribution in [0, 0.1) is 15.5 Å². The quantitative estimate of drug-likeness (QED) is 0.177. The number of pyridine rings is 1. The van der Waals surface area contributed by atoms with Crippen molar-refractivity contribution in [1.29, 1.82) is 0 Å². The number of fused-ring (bicyclic) bond motifs is 1. The summed E-state index contributed by atoms with van der Waals surface area (Å²) in [6, 6.07) is 14.2. The molecule has 0 saturated heterocycles. The number of para-hydroxylation sites is 1. The van der Waals surface area contributed by atoms with E-state index >= 15 is 0 Å². The molecule has 0 radical (unpaired) electrons. The molecule has 2 aromatic carbocycles. The van der Waals surface area contributed by atoms with E-state index in [0.29, 0.717) is 5.56 Å². The summed E-state index contributed by atoms with van der Waals surface area (Å²) in [5.74, 6) is -0.552. The summed E-state index contributed by atoms with van der Waals surface area (Å²) in [4.78, 5) is 27.7. The van der Waals surface area contributed by atoms with E-state index in [0.717, 1.165) is 22.9 Å². The van der Waals surface area contributed by atoms with E-state index in [1.807, 2.05) is 30.3 Å². The number of carbonyl (C=O) groups is 1. The maximum absolute atomic E-state index is 12.2. The summed E-state index contributed by atoms with van der Waals surface area (Å²) in [6.07, 6.45) is 2.22. The van der Waals surface area contributed by atoms with Crippen LogP contribution < -0.4 is 10.2 Å². The Bertz CT molecular complexity index is 1280. The van der Waals surface area contributed by atoms with E-state index in [1.54, 1.807) is 6.07 Å². The number of ether oxygens (including phenoxy) is 1. The predicted molar refractivity (Wildman–Crippen MR) is 138 cm³/mol. The van der Waals surface area contributed by atoms with E-state index < -0.39 is 17.4 Å². The highest BCUT2D eigenvalue weighted by Gasteiger charge is 2.29. The molecule has 3 rings (SSSR count). The molecule has 0 spiro atoms. The van der Waals surface area contributed by atoms with Crippen LogP contribution in [0.15, 0.2) is 53.6 Å². The summed E-state index contributed by atoms with van der Waals surface area (Å²) in [7, 11) is 0. The number of benzene rings is 2. The van der Waals surface area contributed by atoms with Gasteiger partial charge in [0.15, 0.2) is 12.4 Å². The Morgan fingerprint density at radius 3 is 2.57 bits per heavy atom. The Hall–Kier alpha value is -3.52. The smallest absolute Gasteiger partial charge is 0.311 e. The molecule has 35 heavy (non-hydrogen) atoms. The van der Waals surface area contributed by atoms with Crippen molar-refractivity contribution in [3.8, 4) is 5.75 Å². The zero-order valence-electron chi connectivity index (χ0n) is 20.5. The van der Waals surface area contributed by atoms with E-state index in [9.17, 15) is 14.9 Å². The number of rotatable bonds is 8. The molecule has 1 heterocycles. The number of halogens is 1. The minimum Gasteiger partial charge on any atom is -0.477 e. The second kappa shape index (κ2) is 10.4. The van der Waals surface area contributed by atoms with Gasteiger partial charge in [0.25, 0.3) is 5.91 Å². The lowest BCUT2D eigenvalue weighted by Crippen LogP contribution is -2.26. The largest absolute Gasteiger partial charge is 0.477 e. The Morgan fingerprint density at radius 1 is 1.17 bits per heavy atom. The van der Waals surface area contributed by atoms with Crippen molar-refractivity contribution in [2.24, 2.45) is 10.5 Å². The van der Waals surface area contributed by atoms with Gasteiger partial charge in [-0.15, -0.1) is 0 Å². The molecule has 0 unspecified atom stereocenters. The van der Waals surface area contributed by atoms with Gasteiger partial charge in [-0.1, -0.05) is 70.5 Å². The number of hydrogen-bond donors (Lipinski definition) is 1. The van der Waals surface area contributed by atoms with Crippen LogP contribution >= 0.6 is 11.6 Å². The third kappa shape index (κ3) is 6.99. The Kier molecular flexibility index (Phi) is 7.75. The van der Waals surface area contributed by atoms with Gasteiger partial charge in [-0.3, -0.25) is 14.9 Å². The minimum atomic E-state index is -0.572. The van der Waals surface area contributed by atoms with Gasteiger partial charge in [0, 0.05) is 17.0 Å². The van der Waals surface area contributed by atoms with Gasteiger partial charge in [0.05, 0.1) is 16.7 Å². The van der Waals surface area contributed by atoms with Crippen LogP contribution in [0.25, 0.3) is 10.9 Å². The SMILES string of the molecule is CC(C)(C)CC(C)(C)c1ccc(OCC(=O)NN=Cc2cc3ccccc3nc2Cl)c([N+](=O)[O-])c1. The second-order valence-electron chi connectivity index (χ2n) is 10.2. The molecule has 0 aliphatic heterocycles. The van der Waals surface area contributed by atoms with Crippen molar-refractivity contribution in [3.05, 3.63) is 74.9 Å². The highest BCUT2D eigenvalue weighted by molar-refractivity contribution is 6.32. The third-order valence-electron chi connectivity index (χ3n) is 5.37. The first kappa shape index (κ1) is 26.1. The summed E-state index contributed by atoms with van der Waals surface area (Å²) < 4.78 is 5.45. The molecule has 9 heteroatoms. The second-order valence-corrected chi connectivity index (χ2v) is 10.6. The van der Waals surface area contributed by atoms with Gasteiger partial charge in [0.2, 0.25) is 0 Å². The van der Waals surface area contributed by atoms with E-state index in [-0.39, 0.29) is 27.4 Å². The van der Waals surface area contributed by atoms with Crippen molar-refractivity contribution in [2.45, 2.75) is 46.5 Å². The fourth-order valence-corrected chi connectivity index (χ4v) is 4.37. The van der Waals surface area contributed by atoms with Crippen LogP contribution in [-0.2, 0) is 10.2 Å². The lowest BCUT2D eigenvalue weighted by atomic mass is 9.72. The number of nitrogens with zero attached hydrogens (tertiary/aromatic N) is 3. The Labute approximate surface area is 209 Å². The topological polar surface area (TPSA) is 107 Å². The van der Waals surface area contributed by atoms with Crippen molar-refractivity contribution < 1.29 is 14.5 Å². The first-order valence-electron chi connectivity index (χ1n) is 11.1. The fraction of sp³-hybridized carbons (Fsp3) is 0.346. The molecule has 8 nitrogen and oxygen atoms in total. The van der Waals surface area contributed by atoms with E-state index in [4.69, 9.17) is 16.3 Å². The Balaban J connectivity index is 1.66. The standard InChI is InChI=1S/C26H29ClN4O4/c1-25(2,3)16-26(4,5)19-10-11-22(21(13-19)31(33)34)35-15-23(32)30-28-14-18-12-17-8-6-7-9-20(17)29-24(18)27/h6-14H,15-16H2,1-5H3,(H,30,32). The molecular formula is C26H29ClN4O4. The lowest BCUT2D eigenvalue weighted by molar-refractivity contribution is -0.385. The lowest BCUT2D eigenvalue weighted by Gasteiger charge is -2.33. The van der Waals surface area contributed by atoms with Gasteiger partial charge in [-0.2, -0.15) is 5.10 Å². The molecule has 0 aliphatic carbocycles. The molecular weight excluding hydrogens is 468 g/mol. The van der Waals surface area contributed by atoms with Crippen molar-refractivity contribution >= 4 is 40.3 Å². The minimum absolute atomic E-state index is 0.0196. The normalized spacial score (nSPS) is 12.2. The number of hydrogen-bond acceptors (Lipinski definition) is 6. The van der Waals surface area contributed by atoms with Crippen molar-refractivity contribution in [1.82, 2.24) is 10.4 Å². The highest BCUT2D eigenvalue weighted by atomic mass is 35.5. The van der Waals surface area contributed by atoms with Gasteiger partial charge in [-0.25, -0.2) is 10.4 Å². The molecule has 0 bridgehead atoms. The maximum atomic E-state index is 12.2. The number of aromatic nitrogens is 1. The van der Waals surface area contributed by atoms with Crippen LogP contribution in [0.3, 0.4) is 0 Å². The highest BCUT2D eigenvalue weighted by Crippen LogP contribution is 2.39. The Morgan fingerprint density at radius 2 is 1.89 bits per heavy atom. The van der Waals surface area contributed by atoms with Crippen LogP contribution in [0.2, 0.25) is 5.15 Å². The maximum Gasteiger partial charge on any atom is 0.311 e. The van der Waals surface area contributed by atoms with Crippen LogP contribution in [0.1, 0.15) is 52.2 Å². The summed E-state index contributed by atoms with van der Waals surface area (Å²) in [5, 5.41) is 16.7. The monoisotopic (exact) mass is 496 g/mol. The molecule has 3 aromatic rings. The predicted octanol–water partition coefficient (Wildman–Crippen LogP) is 6.04. The summed E-state index contributed by atoms with van der Waals surface area (Å²) in [5.41, 5.74) is 4.06. The number of nitro groups is 1. The molecule has 184 valence electrons. The molecule has 0 fully saturated rings. The first-order valence-corrected chi connectivity index (χ1v) is 11.5. The number of nitro benzene ring substituents is 1. The van der Waals surface area contributed by atoms with Gasteiger partial charge in [-0.05, 0) is 41.0 Å². The zero-order valence-corrected chi connectivity index (χ0v) is 21.2. The number of hydrazone groups is 1. The summed E-state index contributed by atoms with van der Waals surface area (Å²) in [6.45, 7) is 10.1. The number of carbonyl (C=O) groups excluding carboxylic acids is 1. The molecule has 1 aromatic heterocycles. The van der Waals surface area contributed by atoms with Crippen molar-refractivity contribution in [3.63, 3.8) is 0 Å². The van der Waals surface area contributed by atoms with Crippen LogP contribution in [0.4, 0.5) is 5.69 Å². The molecule has 0 atom stereocenters. The molecule has 0 saturated carbocycles. The molecule has 0 aliphatic rings.